The van der Waals surface area contributed by atoms with Gasteiger partial charge in [-0.05, 0) is 50.4 Å². The third-order valence-corrected chi connectivity index (χ3v) is 9.93. The Morgan fingerprint density at radius 1 is 0.932 bits per heavy atom. The van der Waals surface area contributed by atoms with Crippen LogP contribution in [-0.4, -0.2) is 149 Å². The number of piperidine rings is 1. The van der Waals surface area contributed by atoms with Crippen molar-refractivity contribution in [3.63, 3.8) is 0 Å². The standard InChI is InChI=1S/C31H51N5O8/c1-41-20-26-3-2-8-35(26)28(37)15-22-4-9-34-18-23(22)16-29(38)36-19-25(33-24-5-10-42-11-6-24)17-27(36)31(40)32-7-12-43-13-14-44-21-30(34)39/h22-27,33H,2-21H2,1H3,(H,32,40)/t22-,23-,25-,26+,27-/m0/s1. The minimum atomic E-state index is -0.584. The SMILES string of the molecule is COC[C@H]1CCCN1C(=O)C[C@@H]1CCN2C[C@@H]1CC(=O)N1C[C@@H](NC3CCOCC3)C[C@H]1C(=O)NCCOCCOCC2=O. The van der Waals surface area contributed by atoms with Gasteiger partial charge in [0.2, 0.25) is 23.6 Å². The summed E-state index contributed by atoms with van der Waals surface area (Å²) < 4.78 is 22.0. The van der Waals surface area contributed by atoms with Gasteiger partial charge in [-0.2, -0.15) is 0 Å². The van der Waals surface area contributed by atoms with Gasteiger partial charge in [-0.1, -0.05) is 0 Å². The van der Waals surface area contributed by atoms with Crippen LogP contribution in [0.15, 0.2) is 0 Å². The van der Waals surface area contributed by atoms with Crippen molar-refractivity contribution in [2.75, 3.05) is 86.1 Å². The van der Waals surface area contributed by atoms with E-state index >= 15 is 0 Å². The molecule has 5 aliphatic rings. The molecule has 4 amide bonds. The Bertz CT molecular complexity index is 994. The van der Waals surface area contributed by atoms with Gasteiger partial charge in [-0.3, -0.25) is 19.2 Å². The number of nitrogens with one attached hydrogen (secondary N) is 2. The zero-order chi connectivity index (χ0) is 30.9. The fourth-order valence-electron chi connectivity index (χ4n) is 7.53. The van der Waals surface area contributed by atoms with Gasteiger partial charge in [-0.15, -0.1) is 0 Å². The number of ether oxygens (including phenoxy) is 4. The highest BCUT2D eigenvalue weighted by Gasteiger charge is 2.43. The second kappa shape index (κ2) is 16.3. The second-order valence-electron chi connectivity index (χ2n) is 12.9. The quantitative estimate of drug-likeness (QED) is 0.412. The van der Waals surface area contributed by atoms with Gasteiger partial charge in [0.25, 0.3) is 0 Å². The first-order chi connectivity index (χ1) is 21.4. The fraction of sp³-hybridized carbons (Fsp3) is 0.871. The van der Waals surface area contributed by atoms with Gasteiger partial charge in [0.05, 0.1) is 32.5 Å². The molecule has 0 aromatic heterocycles. The van der Waals surface area contributed by atoms with Crippen molar-refractivity contribution in [1.82, 2.24) is 25.3 Å². The Hall–Kier alpha value is -2.32. The van der Waals surface area contributed by atoms with Crippen molar-refractivity contribution < 1.29 is 38.1 Å². The first-order valence-electron chi connectivity index (χ1n) is 16.6. The second-order valence-corrected chi connectivity index (χ2v) is 12.9. The van der Waals surface area contributed by atoms with E-state index in [0.29, 0.717) is 84.5 Å². The number of likely N-dealkylation sites (tertiary alicyclic amines) is 1. The lowest BCUT2D eigenvalue weighted by Crippen LogP contribution is -2.50. The first kappa shape index (κ1) is 33.1. The fourth-order valence-corrected chi connectivity index (χ4v) is 7.53. The molecule has 0 aromatic carbocycles. The molecule has 5 saturated heterocycles. The maximum atomic E-state index is 14.1. The lowest BCUT2D eigenvalue weighted by molar-refractivity contribution is -0.144. The van der Waals surface area contributed by atoms with Crippen molar-refractivity contribution in [1.29, 1.82) is 0 Å². The minimum Gasteiger partial charge on any atom is -0.383 e. The van der Waals surface area contributed by atoms with E-state index in [2.05, 4.69) is 10.6 Å². The lowest BCUT2D eigenvalue weighted by atomic mass is 9.80. The Labute approximate surface area is 260 Å². The minimum absolute atomic E-state index is 0.00601. The monoisotopic (exact) mass is 621 g/mol. The summed E-state index contributed by atoms with van der Waals surface area (Å²) in [5.74, 6) is -0.544. The Morgan fingerprint density at radius 3 is 2.55 bits per heavy atom. The van der Waals surface area contributed by atoms with Crippen molar-refractivity contribution in [3.8, 4) is 0 Å². The van der Waals surface area contributed by atoms with Crippen LogP contribution >= 0.6 is 0 Å². The molecular weight excluding hydrogens is 570 g/mol. The molecule has 13 heteroatoms. The van der Waals surface area contributed by atoms with E-state index in [1.54, 1.807) is 16.9 Å². The molecule has 248 valence electrons. The van der Waals surface area contributed by atoms with E-state index in [0.717, 1.165) is 32.2 Å². The number of amides is 4. The van der Waals surface area contributed by atoms with Gasteiger partial charge in [0, 0.05) is 78.0 Å². The third-order valence-electron chi connectivity index (χ3n) is 9.93. The zero-order valence-corrected chi connectivity index (χ0v) is 26.2. The first-order valence-corrected chi connectivity index (χ1v) is 16.6. The normalized spacial score (nSPS) is 32.0. The summed E-state index contributed by atoms with van der Waals surface area (Å²) in [5, 5.41) is 6.63. The highest BCUT2D eigenvalue weighted by Crippen LogP contribution is 2.33. The Balaban J connectivity index is 1.31. The predicted molar refractivity (Wildman–Crippen MR) is 160 cm³/mol. The third kappa shape index (κ3) is 8.68. The number of fused-ring (bicyclic) bond motifs is 3. The van der Waals surface area contributed by atoms with Crippen LogP contribution in [0.1, 0.15) is 51.4 Å². The van der Waals surface area contributed by atoms with Crippen LogP contribution in [0.3, 0.4) is 0 Å². The zero-order valence-electron chi connectivity index (χ0n) is 26.2. The summed E-state index contributed by atoms with van der Waals surface area (Å²) in [4.78, 5) is 59.5. The largest absolute Gasteiger partial charge is 0.383 e. The summed E-state index contributed by atoms with van der Waals surface area (Å²) in [6.07, 6.45) is 5.41. The van der Waals surface area contributed by atoms with E-state index in [1.807, 2.05) is 4.90 Å². The summed E-state index contributed by atoms with van der Waals surface area (Å²) in [6, 6.07) is -0.192. The van der Waals surface area contributed by atoms with Gasteiger partial charge >= 0.3 is 0 Å². The average molecular weight is 622 g/mol. The van der Waals surface area contributed by atoms with Crippen LogP contribution in [0.25, 0.3) is 0 Å². The van der Waals surface area contributed by atoms with Crippen LogP contribution in [0.4, 0.5) is 0 Å². The van der Waals surface area contributed by atoms with Crippen molar-refractivity contribution in [2.24, 2.45) is 11.8 Å². The van der Waals surface area contributed by atoms with Crippen molar-refractivity contribution in [2.45, 2.75) is 75.5 Å². The molecule has 0 spiro atoms. The van der Waals surface area contributed by atoms with Crippen molar-refractivity contribution >= 4 is 23.6 Å². The average Bonchev–Trinajstić information content (AvgIpc) is 3.67. The smallest absolute Gasteiger partial charge is 0.248 e. The molecule has 13 nitrogen and oxygen atoms in total. The molecule has 5 atom stereocenters. The summed E-state index contributed by atoms with van der Waals surface area (Å²) in [6.45, 7) is 5.22. The molecule has 0 saturated carbocycles. The predicted octanol–water partition coefficient (Wildman–Crippen LogP) is -0.230. The number of hydrogen-bond acceptors (Lipinski definition) is 9. The highest BCUT2D eigenvalue weighted by atomic mass is 16.5. The van der Waals surface area contributed by atoms with Crippen molar-refractivity contribution in [3.05, 3.63) is 0 Å². The number of hydrogen-bond donors (Lipinski definition) is 2. The molecule has 44 heavy (non-hydrogen) atoms. The molecule has 2 N–H and O–H groups in total. The number of methoxy groups -OCH3 is 1. The maximum absolute atomic E-state index is 14.1. The molecule has 5 rings (SSSR count). The van der Waals surface area contributed by atoms with E-state index in [-0.39, 0.29) is 67.2 Å². The number of carbonyl (C=O) groups excluding carboxylic acids is 4. The van der Waals surface area contributed by atoms with Crippen LogP contribution in [-0.2, 0) is 38.1 Å². The molecule has 5 aliphatic heterocycles. The van der Waals surface area contributed by atoms with Crippen LogP contribution < -0.4 is 10.6 Å². The van der Waals surface area contributed by atoms with E-state index < -0.39 is 6.04 Å². The summed E-state index contributed by atoms with van der Waals surface area (Å²) in [5.41, 5.74) is 0. The van der Waals surface area contributed by atoms with Crippen LogP contribution in [0.2, 0.25) is 0 Å². The molecule has 5 fully saturated rings. The Morgan fingerprint density at radius 2 is 1.73 bits per heavy atom. The maximum Gasteiger partial charge on any atom is 0.248 e. The molecule has 0 radical (unpaired) electrons. The number of carbonyl (C=O) groups is 4. The molecule has 0 aliphatic carbocycles. The number of nitrogens with zero attached hydrogens (tertiary/aromatic N) is 3. The summed E-state index contributed by atoms with van der Waals surface area (Å²) in [7, 11) is 1.66. The summed E-state index contributed by atoms with van der Waals surface area (Å²) >= 11 is 0. The molecule has 0 unspecified atom stereocenters. The van der Waals surface area contributed by atoms with Gasteiger partial charge in [0.1, 0.15) is 12.6 Å². The van der Waals surface area contributed by atoms with Gasteiger partial charge in [0.15, 0.2) is 0 Å². The Kier molecular flexibility index (Phi) is 12.2. The van der Waals surface area contributed by atoms with Crippen LogP contribution in [0.5, 0.6) is 0 Å². The van der Waals surface area contributed by atoms with Crippen LogP contribution in [0, 0.1) is 11.8 Å². The molecular formula is C31H51N5O8. The van der Waals surface area contributed by atoms with E-state index in [1.165, 1.54) is 0 Å². The molecule has 0 aromatic rings. The molecule has 2 bridgehead atoms. The lowest BCUT2D eigenvalue weighted by Gasteiger charge is -2.40. The van der Waals surface area contributed by atoms with Gasteiger partial charge < -0.3 is 44.3 Å². The van der Waals surface area contributed by atoms with E-state index in [9.17, 15) is 19.2 Å². The molecule has 5 heterocycles. The topological polar surface area (TPSA) is 139 Å². The number of rotatable bonds is 6. The van der Waals surface area contributed by atoms with Gasteiger partial charge in [-0.25, -0.2) is 0 Å². The highest BCUT2D eigenvalue weighted by molar-refractivity contribution is 5.88. The van der Waals surface area contributed by atoms with E-state index in [4.69, 9.17) is 18.9 Å².